The van der Waals surface area contributed by atoms with Gasteiger partial charge in [-0.25, -0.2) is 18.6 Å². The second-order valence-corrected chi connectivity index (χ2v) is 9.40. The first-order valence-corrected chi connectivity index (χ1v) is 11.8. The highest BCUT2D eigenvalue weighted by atomic mass is 19.1. The molecule has 0 unspecified atom stereocenters. The minimum Gasteiger partial charge on any atom is -0.494 e. The molecule has 6 nitrogen and oxygen atoms in total. The zero-order valence-electron chi connectivity index (χ0n) is 19.6. The van der Waals surface area contributed by atoms with Crippen LogP contribution in [0.2, 0.25) is 0 Å². The van der Waals surface area contributed by atoms with Crippen LogP contribution >= 0.6 is 0 Å². The highest BCUT2D eigenvalue weighted by Crippen LogP contribution is 2.46. The Kier molecular flexibility index (Phi) is 6.01. The van der Waals surface area contributed by atoms with Crippen LogP contribution < -0.4 is 15.2 Å². The molecule has 0 amide bonds. The van der Waals surface area contributed by atoms with E-state index in [0.29, 0.717) is 16.8 Å². The summed E-state index contributed by atoms with van der Waals surface area (Å²) in [6.07, 6.45) is 7.20. The highest BCUT2D eigenvalue weighted by molar-refractivity contribution is 5.65. The molecule has 2 heterocycles. The SMILES string of the molecule is [C-]#[N+]c1ccc(-c2nc(N3CCC4(CCCC4)CC3)cc(=O)n2-c2ccc(OC)c(F)c2)cc1F. The van der Waals surface area contributed by atoms with Gasteiger partial charge in [0.05, 0.1) is 19.4 Å². The summed E-state index contributed by atoms with van der Waals surface area (Å²) in [6.45, 7) is 8.73. The molecule has 2 aliphatic rings. The van der Waals surface area contributed by atoms with Crippen LogP contribution in [0.25, 0.3) is 21.9 Å². The van der Waals surface area contributed by atoms with E-state index >= 15 is 0 Å². The van der Waals surface area contributed by atoms with Gasteiger partial charge in [0, 0.05) is 30.8 Å². The lowest BCUT2D eigenvalue weighted by molar-refractivity contribution is 0.226. The Morgan fingerprint density at radius 3 is 2.37 bits per heavy atom. The Labute approximate surface area is 202 Å². The van der Waals surface area contributed by atoms with Gasteiger partial charge in [0.15, 0.2) is 11.6 Å². The third kappa shape index (κ3) is 4.27. The fourth-order valence-electron chi connectivity index (χ4n) is 5.44. The first kappa shape index (κ1) is 23.0. The predicted molar refractivity (Wildman–Crippen MR) is 130 cm³/mol. The average Bonchev–Trinajstić information content (AvgIpc) is 3.31. The largest absolute Gasteiger partial charge is 0.494 e. The van der Waals surface area contributed by atoms with Gasteiger partial charge in [-0.3, -0.25) is 9.36 Å². The lowest BCUT2D eigenvalue weighted by Gasteiger charge is -2.40. The maximum Gasteiger partial charge on any atom is 0.260 e. The number of nitrogens with zero attached hydrogens (tertiary/aromatic N) is 4. The van der Waals surface area contributed by atoms with Crippen molar-refractivity contribution in [1.29, 1.82) is 0 Å². The number of ether oxygens (including phenoxy) is 1. The van der Waals surface area contributed by atoms with E-state index in [-0.39, 0.29) is 22.9 Å². The smallest absolute Gasteiger partial charge is 0.260 e. The van der Waals surface area contributed by atoms with Crippen LogP contribution in [-0.2, 0) is 0 Å². The fourth-order valence-corrected chi connectivity index (χ4v) is 5.44. The molecule has 35 heavy (non-hydrogen) atoms. The Balaban J connectivity index is 1.60. The van der Waals surface area contributed by atoms with Crippen LogP contribution in [0.3, 0.4) is 0 Å². The van der Waals surface area contributed by atoms with Crippen molar-refractivity contribution in [2.45, 2.75) is 38.5 Å². The molecule has 0 atom stereocenters. The summed E-state index contributed by atoms with van der Waals surface area (Å²) in [5.74, 6) is -0.564. The number of rotatable bonds is 4. The van der Waals surface area contributed by atoms with E-state index < -0.39 is 17.2 Å². The summed E-state index contributed by atoms with van der Waals surface area (Å²) in [7, 11) is 1.36. The molecule has 1 spiro atoms. The van der Waals surface area contributed by atoms with Crippen molar-refractivity contribution < 1.29 is 13.5 Å². The van der Waals surface area contributed by atoms with Gasteiger partial charge >= 0.3 is 0 Å². The third-order valence-corrected chi connectivity index (χ3v) is 7.44. The van der Waals surface area contributed by atoms with Crippen molar-refractivity contribution >= 4 is 11.5 Å². The van der Waals surface area contributed by atoms with E-state index in [0.717, 1.165) is 25.9 Å². The van der Waals surface area contributed by atoms with Crippen LogP contribution in [0.4, 0.5) is 20.3 Å². The fraction of sp³-hybridized carbons (Fsp3) is 0.370. The molecule has 1 aliphatic heterocycles. The molecule has 2 fully saturated rings. The van der Waals surface area contributed by atoms with Crippen LogP contribution in [0.1, 0.15) is 38.5 Å². The number of methoxy groups -OCH3 is 1. The molecule has 8 heteroatoms. The summed E-state index contributed by atoms with van der Waals surface area (Å²) < 4.78 is 35.3. The Morgan fingerprint density at radius 1 is 1.00 bits per heavy atom. The normalized spacial score (nSPS) is 16.9. The van der Waals surface area contributed by atoms with Gasteiger partial charge in [-0.1, -0.05) is 25.0 Å². The zero-order valence-corrected chi connectivity index (χ0v) is 19.6. The van der Waals surface area contributed by atoms with Gasteiger partial charge in [0.1, 0.15) is 17.5 Å². The number of benzene rings is 2. The summed E-state index contributed by atoms with van der Waals surface area (Å²) in [5, 5.41) is 0. The molecule has 1 saturated carbocycles. The van der Waals surface area contributed by atoms with Crippen molar-refractivity contribution in [2.75, 3.05) is 25.1 Å². The number of hydrogen-bond acceptors (Lipinski definition) is 4. The van der Waals surface area contributed by atoms with Crippen LogP contribution in [0.15, 0.2) is 47.3 Å². The molecule has 0 bridgehead atoms. The van der Waals surface area contributed by atoms with Crippen LogP contribution in [0, 0.1) is 23.6 Å². The van der Waals surface area contributed by atoms with Gasteiger partial charge in [0.25, 0.3) is 5.56 Å². The lowest BCUT2D eigenvalue weighted by Crippen LogP contribution is -2.40. The molecular weight excluding hydrogens is 450 g/mol. The molecule has 1 saturated heterocycles. The lowest BCUT2D eigenvalue weighted by atomic mass is 9.77. The monoisotopic (exact) mass is 476 g/mol. The molecule has 3 aromatic rings. The van der Waals surface area contributed by atoms with E-state index in [1.165, 1.54) is 67.7 Å². The van der Waals surface area contributed by atoms with Crippen molar-refractivity contribution in [3.63, 3.8) is 0 Å². The minimum atomic E-state index is -0.703. The van der Waals surface area contributed by atoms with Gasteiger partial charge in [-0.05, 0) is 49.3 Å². The quantitative estimate of drug-likeness (QED) is 0.440. The van der Waals surface area contributed by atoms with Crippen molar-refractivity contribution in [3.8, 4) is 22.8 Å². The molecule has 180 valence electrons. The standard InChI is InChI=1S/C27H26F2N4O2/c1-30-22-7-5-18(15-20(22)28)26-31-24(32-13-11-27(12-14-32)9-3-4-10-27)17-25(34)33(26)19-6-8-23(35-2)21(29)16-19/h5-8,15-17H,3-4,9-14H2,2H3. The summed E-state index contributed by atoms with van der Waals surface area (Å²) >= 11 is 0. The van der Waals surface area contributed by atoms with Crippen LogP contribution in [-0.4, -0.2) is 29.8 Å². The Morgan fingerprint density at radius 2 is 1.74 bits per heavy atom. The topological polar surface area (TPSA) is 51.7 Å². The number of anilines is 1. The zero-order chi connectivity index (χ0) is 24.6. The first-order valence-electron chi connectivity index (χ1n) is 11.8. The van der Waals surface area contributed by atoms with Gasteiger partial charge in [-0.2, -0.15) is 0 Å². The molecule has 1 aliphatic carbocycles. The molecule has 1 aromatic heterocycles. The number of hydrogen-bond donors (Lipinski definition) is 0. The van der Waals surface area contributed by atoms with Gasteiger partial charge < -0.3 is 9.64 Å². The maximum atomic E-state index is 14.5. The molecule has 0 radical (unpaired) electrons. The van der Waals surface area contributed by atoms with Crippen molar-refractivity contribution in [1.82, 2.24) is 9.55 Å². The molecular formula is C27H26F2N4O2. The summed E-state index contributed by atoms with van der Waals surface area (Å²) in [5.41, 5.74) is 0.473. The number of halogens is 2. The van der Waals surface area contributed by atoms with E-state index in [1.807, 2.05) is 0 Å². The first-order chi connectivity index (χ1) is 16.9. The molecule has 0 N–H and O–H groups in total. The van der Waals surface area contributed by atoms with E-state index in [1.54, 1.807) is 12.1 Å². The van der Waals surface area contributed by atoms with Gasteiger partial charge in [-0.15, -0.1) is 0 Å². The van der Waals surface area contributed by atoms with Crippen molar-refractivity contribution in [2.24, 2.45) is 5.41 Å². The van der Waals surface area contributed by atoms with E-state index in [9.17, 15) is 13.6 Å². The molecule has 2 aromatic carbocycles. The van der Waals surface area contributed by atoms with Crippen molar-refractivity contribution in [3.05, 3.63) is 75.9 Å². The number of aromatic nitrogens is 2. The molecule has 5 rings (SSSR count). The summed E-state index contributed by atoms with van der Waals surface area (Å²) in [6, 6.07) is 9.76. The van der Waals surface area contributed by atoms with E-state index in [2.05, 4.69) is 9.74 Å². The Hall–Kier alpha value is -3.73. The van der Waals surface area contributed by atoms with Crippen LogP contribution in [0.5, 0.6) is 5.75 Å². The average molecular weight is 477 g/mol. The van der Waals surface area contributed by atoms with E-state index in [4.69, 9.17) is 16.3 Å². The maximum absolute atomic E-state index is 14.5. The Bertz CT molecular complexity index is 1360. The minimum absolute atomic E-state index is 0.0505. The summed E-state index contributed by atoms with van der Waals surface area (Å²) in [4.78, 5) is 23.5. The van der Waals surface area contributed by atoms with Gasteiger partial charge in [0.2, 0.25) is 5.69 Å². The highest BCUT2D eigenvalue weighted by Gasteiger charge is 2.37. The predicted octanol–water partition coefficient (Wildman–Crippen LogP) is 5.90. The second kappa shape index (κ2) is 9.14. The second-order valence-electron chi connectivity index (χ2n) is 9.40. The number of piperidine rings is 1. The third-order valence-electron chi connectivity index (χ3n) is 7.44.